The first-order valence-electron chi connectivity index (χ1n) is 6.84. The van der Waals surface area contributed by atoms with Gasteiger partial charge in [0.1, 0.15) is 11.5 Å². The second-order valence-corrected chi connectivity index (χ2v) is 5.51. The summed E-state index contributed by atoms with van der Waals surface area (Å²) in [5.41, 5.74) is 4.86. The van der Waals surface area contributed by atoms with E-state index in [4.69, 9.17) is 4.74 Å². The molecule has 3 rings (SSSR count). The summed E-state index contributed by atoms with van der Waals surface area (Å²) in [6.45, 7) is 1.95. The number of nitrogens with one attached hydrogen (secondary N) is 1. The third kappa shape index (κ3) is 3.93. The molecule has 0 aliphatic heterocycles. The van der Waals surface area contributed by atoms with Gasteiger partial charge in [0.25, 0.3) is 0 Å². The molecule has 0 aliphatic rings. The summed E-state index contributed by atoms with van der Waals surface area (Å²) in [5.74, 6) is 1.59. The number of hydrazone groups is 1. The molecule has 0 unspecified atom stereocenters. The minimum Gasteiger partial charge on any atom is -0.457 e. The van der Waals surface area contributed by atoms with Crippen molar-refractivity contribution in [2.75, 3.05) is 5.43 Å². The molecule has 0 bridgehead atoms. The number of hydrogen-bond acceptors (Lipinski definition) is 5. The van der Waals surface area contributed by atoms with E-state index in [1.807, 2.05) is 66.9 Å². The maximum atomic E-state index is 5.79. The van der Waals surface area contributed by atoms with Crippen molar-refractivity contribution in [3.8, 4) is 11.5 Å². The van der Waals surface area contributed by atoms with Gasteiger partial charge in [-0.2, -0.15) is 5.10 Å². The molecule has 110 valence electrons. The fraction of sp³-hybridized carbons (Fsp3) is 0.0588. The molecule has 0 saturated carbocycles. The van der Waals surface area contributed by atoms with Crippen LogP contribution in [0.4, 0.5) is 5.13 Å². The van der Waals surface area contributed by atoms with Crippen LogP contribution in [0.3, 0.4) is 0 Å². The molecule has 0 amide bonds. The van der Waals surface area contributed by atoms with E-state index in [0.717, 1.165) is 27.9 Å². The van der Waals surface area contributed by atoms with Crippen LogP contribution in [-0.4, -0.2) is 11.2 Å². The van der Waals surface area contributed by atoms with Gasteiger partial charge in [0.2, 0.25) is 5.13 Å². The van der Waals surface area contributed by atoms with Gasteiger partial charge in [0.05, 0.1) is 11.9 Å². The normalized spacial score (nSPS) is 10.8. The van der Waals surface area contributed by atoms with E-state index in [-0.39, 0.29) is 0 Å². The van der Waals surface area contributed by atoms with E-state index in [2.05, 4.69) is 15.5 Å². The third-order valence-electron chi connectivity index (χ3n) is 2.83. The highest BCUT2D eigenvalue weighted by molar-refractivity contribution is 7.13. The molecule has 2 aromatic carbocycles. The molecule has 5 heteroatoms. The van der Waals surface area contributed by atoms with Gasteiger partial charge in [0.15, 0.2) is 0 Å². The first-order chi connectivity index (χ1) is 10.8. The predicted octanol–water partition coefficient (Wildman–Crippen LogP) is 4.69. The molecular formula is C17H15N3OS. The number of aryl methyl sites for hydroxylation is 1. The molecule has 0 radical (unpaired) electrons. The van der Waals surface area contributed by atoms with Crippen LogP contribution >= 0.6 is 11.3 Å². The van der Waals surface area contributed by atoms with E-state index >= 15 is 0 Å². The summed E-state index contributed by atoms with van der Waals surface area (Å²) in [6.07, 6.45) is 1.74. The summed E-state index contributed by atoms with van der Waals surface area (Å²) >= 11 is 1.53. The van der Waals surface area contributed by atoms with E-state index in [9.17, 15) is 0 Å². The number of anilines is 1. The van der Waals surface area contributed by atoms with Gasteiger partial charge in [-0.25, -0.2) is 4.98 Å². The number of para-hydroxylation sites is 1. The van der Waals surface area contributed by atoms with Crippen molar-refractivity contribution < 1.29 is 4.74 Å². The summed E-state index contributed by atoms with van der Waals surface area (Å²) in [5, 5.41) is 6.95. The van der Waals surface area contributed by atoms with Gasteiger partial charge >= 0.3 is 0 Å². The Labute approximate surface area is 133 Å². The minimum absolute atomic E-state index is 0.778. The predicted molar refractivity (Wildman–Crippen MR) is 91.0 cm³/mol. The summed E-state index contributed by atoms with van der Waals surface area (Å²) in [6, 6.07) is 17.5. The van der Waals surface area contributed by atoms with Crippen molar-refractivity contribution in [2.45, 2.75) is 6.92 Å². The molecule has 1 N–H and O–H groups in total. The average molecular weight is 309 g/mol. The highest BCUT2D eigenvalue weighted by Crippen LogP contribution is 2.21. The zero-order valence-electron chi connectivity index (χ0n) is 12.1. The lowest BCUT2D eigenvalue weighted by Crippen LogP contribution is -1.91. The summed E-state index contributed by atoms with van der Waals surface area (Å²) < 4.78 is 5.79. The molecule has 0 atom stereocenters. The largest absolute Gasteiger partial charge is 0.457 e. The van der Waals surface area contributed by atoms with Crippen LogP contribution < -0.4 is 10.2 Å². The Hall–Kier alpha value is -2.66. The summed E-state index contributed by atoms with van der Waals surface area (Å²) in [4.78, 5) is 4.28. The molecule has 4 nitrogen and oxygen atoms in total. The smallest absolute Gasteiger partial charge is 0.203 e. The van der Waals surface area contributed by atoms with Crippen LogP contribution in [0, 0.1) is 6.92 Å². The topological polar surface area (TPSA) is 46.5 Å². The van der Waals surface area contributed by atoms with Gasteiger partial charge in [-0.1, -0.05) is 30.3 Å². The highest BCUT2D eigenvalue weighted by Gasteiger charge is 1.98. The second-order valence-electron chi connectivity index (χ2n) is 4.65. The second kappa shape index (κ2) is 6.87. The zero-order chi connectivity index (χ0) is 15.2. The van der Waals surface area contributed by atoms with Gasteiger partial charge in [-0.3, -0.25) is 5.43 Å². The van der Waals surface area contributed by atoms with Crippen molar-refractivity contribution in [1.29, 1.82) is 0 Å². The molecule has 22 heavy (non-hydrogen) atoms. The third-order valence-corrected chi connectivity index (χ3v) is 3.69. The van der Waals surface area contributed by atoms with E-state index in [1.54, 1.807) is 6.21 Å². The number of nitrogens with zero attached hydrogens (tertiary/aromatic N) is 2. The van der Waals surface area contributed by atoms with Crippen LogP contribution in [0.5, 0.6) is 11.5 Å². The average Bonchev–Trinajstić information content (AvgIpc) is 2.94. The Kier molecular flexibility index (Phi) is 4.46. The Morgan fingerprint density at radius 2 is 1.91 bits per heavy atom. The highest BCUT2D eigenvalue weighted by atomic mass is 32.1. The molecule has 0 fully saturated rings. The molecule has 0 saturated heterocycles. The number of thiazole rings is 1. The first kappa shape index (κ1) is 14.3. The molecule has 1 heterocycles. The number of rotatable bonds is 5. The van der Waals surface area contributed by atoms with Crippen LogP contribution in [0.1, 0.15) is 11.3 Å². The Morgan fingerprint density at radius 1 is 1.09 bits per heavy atom. The van der Waals surface area contributed by atoms with Crippen molar-refractivity contribution in [3.05, 3.63) is 71.2 Å². The van der Waals surface area contributed by atoms with Crippen LogP contribution in [-0.2, 0) is 0 Å². The Morgan fingerprint density at radius 3 is 2.68 bits per heavy atom. The van der Waals surface area contributed by atoms with Gasteiger partial charge in [-0.05, 0) is 36.8 Å². The fourth-order valence-electron chi connectivity index (χ4n) is 1.85. The van der Waals surface area contributed by atoms with Gasteiger partial charge in [-0.15, -0.1) is 11.3 Å². The lowest BCUT2D eigenvalue weighted by Gasteiger charge is -2.05. The van der Waals surface area contributed by atoms with Crippen molar-refractivity contribution >= 4 is 22.7 Å². The molecule has 0 aliphatic carbocycles. The number of aromatic nitrogens is 1. The van der Waals surface area contributed by atoms with Crippen molar-refractivity contribution in [2.24, 2.45) is 5.10 Å². The van der Waals surface area contributed by atoms with Crippen LogP contribution in [0.25, 0.3) is 0 Å². The standard InChI is InChI=1S/C17H15N3OS/c1-13-12-22-17(19-13)20-18-11-14-6-5-9-16(10-14)21-15-7-3-2-4-8-15/h2-12H,1H3,(H,19,20)/b18-11-. The SMILES string of the molecule is Cc1csc(N/N=C\c2cccc(Oc3ccccc3)c2)n1. The van der Waals surface area contributed by atoms with E-state index in [0.29, 0.717) is 0 Å². The monoisotopic (exact) mass is 309 g/mol. The van der Waals surface area contributed by atoms with E-state index in [1.165, 1.54) is 11.3 Å². The number of hydrogen-bond donors (Lipinski definition) is 1. The van der Waals surface area contributed by atoms with Crippen molar-refractivity contribution in [1.82, 2.24) is 4.98 Å². The zero-order valence-corrected chi connectivity index (χ0v) is 12.9. The van der Waals surface area contributed by atoms with Crippen molar-refractivity contribution in [3.63, 3.8) is 0 Å². The molecular weight excluding hydrogens is 294 g/mol. The maximum absolute atomic E-state index is 5.79. The van der Waals surface area contributed by atoms with E-state index < -0.39 is 0 Å². The fourth-order valence-corrected chi connectivity index (χ4v) is 2.49. The quantitative estimate of drug-likeness (QED) is 0.549. The Balaban J connectivity index is 1.66. The minimum atomic E-state index is 0.778. The number of benzene rings is 2. The molecule has 1 aromatic heterocycles. The molecule has 3 aromatic rings. The number of ether oxygens (including phenoxy) is 1. The first-order valence-corrected chi connectivity index (χ1v) is 7.72. The maximum Gasteiger partial charge on any atom is 0.203 e. The van der Waals surface area contributed by atoms with Gasteiger partial charge in [0, 0.05) is 5.38 Å². The lowest BCUT2D eigenvalue weighted by atomic mass is 10.2. The lowest BCUT2D eigenvalue weighted by molar-refractivity contribution is 0.482. The van der Waals surface area contributed by atoms with Crippen LogP contribution in [0.15, 0.2) is 65.1 Å². The van der Waals surface area contributed by atoms with Crippen LogP contribution in [0.2, 0.25) is 0 Å². The summed E-state index contributed by atoms with van der Waals surface area (Å²) in [7, 11) is 0. The Bertz CT molecular complexity index is 768. The van der Waals surface area contributed by atoms with Gasteiger partial charge < -0.3 is 4.74 Å². The molecule has 0 spiro atoms.